The zero-order valence-electron chi connectivity index (χ0n) is 18.7. The Morgan fingerprint density at radius 3 is 2.66 bits per heavy atom. The van der Waals surface area contributed by atoms with Gasteiger partial charge in [-0.2, -0.15) is 4.98 Å². The first kappa shape index (κ1) is 20.0. The molecule has 5 rings (SSSR count). The van der Waals surface area contributed by atoms with E-state index in [1.807, 2.05) is 6.92 Å². The minimum Gasteiger partial charge on any atom is -0.393 e. The molecular formula is C25H40N2O2. The number of fused-ring (bicyclic) bond motifs is 5. The second-order valence-corrected chi connectivity index (χ2v) is 11.5. The molecule has 0 amide bonds. The van der Waals surface area contributed by atoms with Gasteiger partial charge in [-0.1, -0.05) is 31.8 Å². The summed E-state index contributed by atoms with van der Waals surface area (Å²) in [4.78, 5) is 4.37. The quantitative estimate of drug-likeness (QED) is 0.702. The normalized spacial score (nSPS) is 46.8. The molecule has 4 aliphatic rings. The van der Waals surface area contributed by atoms with Gasteiger partial charge in [-0.05, 0) is 105 Å². The average Bonchev–Trinajstić information content (AvgIpc) is 3.25. The van der Waals surface area contributed by atoms with Gasteiger partial charge in [-0.15, -0.1) is 0 Å². The third kappa shape index (κ3) is 3.20. The summed E-state index contributed by atoms with van der Waals surface area (Å²) >= 11 is 0. The minimum absolute atomic E-state index is 0.0547. The highest BCUT2D eigenvalue weighted by Gasteiger charge is 2.61. The molecule has 1 heterocycles. The van der Waals surface area contributed by atoms with Crippen molar-refractivity contribution in [2.45, 2.75) is 104 Å². The Hall–Kier alpha value is -0.900. The van der Waals surface area contributed by atoms with E-state index in [1.54, 1.807) is 0 Å². The van der Waals surface area contributed by atoms with E-state index in [2.05, 4.69) is 24.0 Å². The molecule has 4 aliphatic carbocycles. The summed E-state index contributed by atoms with van der Waals surface area (Å²) in [6.45, 7) is 7.06. The van der Waals surface area contributed by atoms with Crippen molar-refractivity contribution in [1.29, 1.82) is 0 Å². The number of hydrogen-bond donors (Lipinski definition) is 1. The molecular weight excluding hydrogens is 360 g/mol. The summed E-state index contributed by atoms with van der Waals surface area (Å²) in [5, 5.41) is 15.2. The van der Waals surface area contributed by atoms with Gasteiger partial charge in [0.15, 0.2) is 5.82 Å². The molecule has 4 saturated carbocycles. The number of nitrogens with zero attached hydrogens (tertiary/aromatic N) is 2. The molecule has 8 unspecified atom stereocenters. The van der Waals surface area contributed by atoms with Crippen molar-refractivity contribution in [3.8, 4) is 0 Å². The Morgan fingerprint density at radius 2 is 1.86 bits per heavy atom. The van der Waals surface area contributed by atoms with Crippen LogP contribution in [0.3, 0.4) is 0 Å². The van der Waals surface area contributed by atoms with E-state index in [9.17, 15) is 5.11 Å². The fourth-order valence-corrected chi connectivity index (χ4v) is 8.78. The molecule has 1 aromatic rings. The van der Waals surface area contributed by atoms with Crippen LogP contribution >= 0.6 is 0 Å². The fourth-order valence-electron chi connectivity index (χ4n) is 8.78. The highest BCUT2D eigenvalue weighted by atomic mass is 16.5. The standard InChI is InChI=1S/C25H40N2O2/c1-16-26-22(29-27-16)9-6-8-17-10-11-19-23-20(12-14-25(17,19)3)24(2)13-5-4-7-18(24)15-21(23)28/h17-21,23,28H,4-15H2,1-3H3. The first-order valence-electron chi connectivity index (χ1n) is 12.4. The van der Waals surface area contributed by atoms with Gasteiger partial charge in [-0.25, -0.2) is 0 Å². The first-order valence-corrected chi connectivity index (χ1v) is 12.4. The van der Waals surface area contributed by atoms with Gasteiger partial charge in [0.2, 0.25) is 5.89 Å². The van der Waals surface area contributed by atoms with Crippen LogP contribution in [0.5, 0.6) is 0 Å². The van der Waals surface area contributed by atoms with Crippen molar-refractivity contribution in [1.82, 2.24) is 10.1 Å². The molecule has 0 aliphatic heterocycles. The Kier molecular flexibility index (Phi) is 5.08. The number of aliphatic hydroxyl groups is 1. The predicted molar refractivity (Wildman–Crippen MR) is 113 cm³/mol. The number of hydrogen-bond acceptors (Lipinski definition) is 4. The maximum absolute atomic E-state index is 11.3. The number of aromatic nitrogens is 2. The summed E-state index contributed by atoms with van der Waals surface area (Å²) in [7, 11) is 0. The molecule has 0 aromatic carbocycles. The molecule has 4 nitrogen and oxygen atoms in total. The van der Waals surface area contributed by atoms with Gasteiger partial charge >= 0.3 is 0 Å². The second-order valence-electron chi connectivity index (χ2n) is 11.5. The maximum Gasteiger partial charge on any atom is 0.226 e. The van der Waals surface area contributed by atoms with Gasteiger partial charge < -0.3 is 9.63 Å². The summed E-state index contributed by atoms with van der Waals surface area (Å²) in [6.07, 6.45) is 15.3. The fraction of sp³-hybridized carbons (Fsp3) is 0.920. The summed E-state index contributed by atoms with van der Waals surface area (Å²) in [6, 6.07) is 0. The first-order chi connectivity index (χ1) is 13.9. The Bertz CT molecular complexity index is 732. The smallest absolute Gasteiger partial charge is 0.226 e. The van der Waals surface area contributed by atoms with Crippen LogP contribution in [0.1, 0.15) is 96.2 Å². The lowest BCUT2D eigenvalue weighted by molar-refractivity contribution is -0.162. The molecule has 4 fully saturated rings. The van der Waals surface area contributed by atoms with Gasteiger partial charge in [0.25, 0.3) is 0 Å². The molecule has 162 valence electrons. The average molecular weight is 401 g/mol. The lowest BCUT2D eigenvalue weighted by Crippen LogP contribution is -2.57. The largest absolute Gasteiger partial charge is 0.393 e. The monoisotopic (exact) mass is 400 g/mol. The Morgan fingerprint density at radius 1 is 1.03 bits per heavy atom. The van der Waals surface area contributed by atoms with Crippen LogP contribution in [-0.4, -0.2) is 21.4 Å². The highest BCUT2D eigenvalue weighted by molar-refractivity contribution is 5.10. The van der Waals surface area contributed by atoms with E-state index in [0.717, 1.165) is 54.6 Å². The van der Waals surface area contributed by atoms with E-state index >= 15 is 0 Å². The van der Waals surface area contributed by atoms with Crippen molar-refractivity contribution in [3.05, 3.63) is 11.7 Å². The van der Waals surface area contributed by atoms with Crippen molar-refractivity contribution in [2.75, 3.05) is 0 Å². The molecule has 0 radical (unpaired) electrons. The lowest BCUT2D eigenvalue weighted by atomic mass is 9.44. The molecule has 0 bridgehead atoms. The van der Waals surface area contributed by atoms with Crippen LogP contribution in [0.4, 0.5) is 0 Å². The van der Waals surface area contributed by atoms with Crippen molar-refractivity contribution in [3.63, 3.8) is 0 Å². The van der Waals surface area contributed by atoms with E-state index < -0.39 is 0 Å². The van der Waals surface area contributed by atoms with Crippen LogP contribution in [0.15, 0.2) is 4.52 Å². The molecule has 1 N–H and O–H groups in total. The van der Waals surface area contributed by atoms with Crippen LogP contribution in [0.25, 0.3) is 0 Å². The van der Waals surface area contributed by atoms with Gasteiger partial charge in [0.05, 0.1) is 6.10 Å². The van der Waals surface area contributed by atoms with Crippen molar-refractivity contribution in [2.24, 2.45) is 40.4 Å². The predicted octanol–water partition coefficient (Wildman–Crippen LogP) is 5.72. The molecule has 29 heavy (non-hydrogen) atoms. The molecule has 1 aromatic heterocycles. The Labute approximate surface area is 176 Å². The topological polar surface area (TPSA) is 59.2 Å². The van der Waals surface area contributed by atoms with E-state index in [0.29, 0.717) is 16.7 Å². The molecule has 8 atom stereocenters. The summed E-state index contributed by atoms with van der Waals surface area (Å²) < 4.78 is 5.31. The third-order valence-corrected chi connectivity index (χ3v) is 10.3. The van der Waals surface area contributed by atoms with Crippen LogP contribution in [0.2, 0.25) is 0 Å². The summed E-state index contributed by atoms with van der Waals surface area (Å²) in [5.41, 5.74) is 0.919. The number of rotatable bonds is 4. The van der Waals surface area contributed by atoms with Gasteiger partial charge in [0.1, 0.15) is 0 Å². The summed E-state index contributed by atoms with van der Waals surface area (Å²) in [5.74, 6) is 5.14. The van der Waals surface area contributed by atoms with Crippen LogP contribution in [0, 0.1) is 47.3 Å². The van der Waals surface area contributed by atoms with E-state index in [-0.39, 0.29) is 6.10 Å². The Balaban J connectivity index is 1.29. The van der Waals surface area contributed by atoms with Gasteiger partial charge in [0, 0.05) is 6.42 Å². The highest BCUT2D eigenvalue weighted by Crippen LogP contribution is 2.67. The SMILES string of the molecule is Cc1noc(CCCC2CCC3C4C(O)CC5CCCCC5(C)C4CCC23C)n1. The second kappa shape index (κ2) is 7.35. The third-order valence-electron chi connectivity index (χ3n) is 10.3. The number of aryl methyl sites for hydroxylation is 2. The van der Waals surface area contributed by atoms with Gasteiger partial charge in [-0.3, -0.25) is 0 Å². The maximum atomic E-state index is 11.3. The molecule has 0 saturated heterocycles. The molecule has 4 heteroatoms. The van der Waals surface area contributed by atoms with Crippen molar-refractivity contribution >= 4 is 0 Å². The van der Waals surface area contributed by atoms with Crippen molar-refractivity contribution < 1.29 is 9.63 Å². The zero-order chi connectivity index (χ0) is 20.2. The zero-order valence-corrected chi connectivity index (χ0v) is 18.7. The molecule has 0 spiro atoms. The minimum atomic E-state index is -0.0547. The van der Waals surface area contributed by atoms with Crippen LogP contribution in [-0.2, 0) is 6.42 Å². The lowest BCUT2D eigenvalue weighted by Gasteiger charge is -2.62. The van der Waals surface area contributed by atoms with Crippen LogP contribution < -0.4 is 0 Å². The number of aliphatic hydroxyl groups excluding tert-OH is 1. The van der Waals surface area contributed by atoms with E-state index in [4.69, 9.17) is 4.52 Å². The van der Waals surface area contributed by atoms with E-state index in [1.165, 1.54) is 57.8 Å².